The summed E-state index contributed by atoms with van der Waals surface area (Å²) < 4.78 is 38.4. The highest BCUT2D eigenvalue weighted by atomic mass is 19.4. The van der Waals surface area contributed by atoms with E-state index < -0.39 is 25.2 Å². The van der Waals surface area contributed by atoms with Crippen LogP contribution in [0, 0.1) is 17.2 Å². The first-order chi connectivity index (χ1) is 16.2. The largest absolute Gasteiger partial charge is 0.406 e. The molecule has 0 atom stereocenters. The van der Waals surface area contributed by atoms with E-state index >= 15 is 0 Å². The fraction of sp³-hybridized carbons (Fsp3) is 0.429. The lowest BCUT2D eigenvalue weighted by atomic mass is 10.1. The van der Waals surface area contributed by atoms with Crippen LogP contribution in [-0.2, 0) is 9.59 Å². The Morgan fingerprint density at radius 1 is 1.21 bits per heavy atom. The second-order valence-corrected chi connectivity index (χ2v) is 7.64. The Hall–Kier alpha value is -3.79. The van der Waals surface area contributed by atoms with Gasteiger partial charge in [0.2, 0.25) is 11.8 Å². The molecule has 180 valence electrons. The maximum absolute atomic E-state index is 12.8. The number of rotatable bonds is 10. The molecule has 3 N–H and O–H groups in total. The quantitative estimate of drug-likeness (QED) is 0.471. The second kappa shape index (κ2) is 10.9. The van der Waals surface area contributed by atoms with E-state index in [1.807, 2.05) is 6.07 Å². The van der Waals surface area contributed by atoms with Crippen molar-refractivity contribution in [1.82, 2.24) is 19.9 Å². The van der Waals surface area contributed by atoms with Gasteiger partial charge in [-0.1, -0.05) is 0 Å². The lowest BCUT2D eigenvalue weighted by molar-refractivity contribution is -0.160. The average molecular weight is 477 g/mol. The normalized spacial score (nSPS) is 13.1. The van der Waals surface area contributed by atoms with Gasteiger partial charge >= 0.3 is 6.18 Å². The molecular formula is C21H22F3N7O3. The molecule has 0 bridgehead atoms. The number of carbonyl (C=O) groups is 2. The minimum absolute atomic E-state index is 0.00190. The first-order valence-corrected chi connectivity index (χ1v) is 10.4. The molecule has 2 amide bonds. The molecular weight excluding hydrogens is 455 g/mol. The van der Waals surface area contributed by atoms with E-state index in [2.05, 4.69) is 25.6 Å². The van der Waals surface area contributed by atoms with E-state index in [4.69, 9.17) is 5.11 Å². The molecule has 2 aromatic rings. The van der Waals surface area contributed by atoms with E-state index in [0.29, 0.717) is 22.0 Å². The molecule has 13 heteroatoms. The first kappa shape index (κ1) is 24.8. The van der Waals surface area contributed by atoms with Crippen molar-refractivity contribution < 1.29 is 27.9 Å². The summed E-state index contributed by atoms with van der Waals surface area (Å²) in [6, 6.07) is 3.33. The Morgan fingerprint density at radius 2 is 1.97 bits per heavy atom. The van der Waals surface area contributed by atoms with Gasteiger partial charge in [0.1, 0.15) is 12.6 Å². The number of carbonyl (C=O) groups excluding carboxylic acids is 2. The molecule has 10 nitrogen and oxygen atoms in total. The number of nitriles is 1. The van der Waals surface area contributed by atoms with Gasteiger partial charge in [0.15, 0.2) is 11.5 Å². The van der Waals surface area contributed by atoms with Crippen LogP contribution in [0.5, 0.6) is 0 Å². The number of pyridine rings is 1. The van der Waals surface area contributed by atoms with Crippen LogP contribution in [-0.4, -0.2) is 69.2 Å². The number of aliphatic hydroxyl groups is 1. The Kier molecular flexibility index (Phi) is 7.95. The highest BCUT2D eigenvalue weighted by Crippen LogP contribution is 2.30. The topological polar surface area (TPSA) is 144 Å². The van der Waals surface area contributed by atoms with Crippen LogP contribution in [0.15, 0.2) is 24.7 Å². The molecule has 2 aromatic heterocycles. The molecule has 1 fully saturated rings. The molecule has 2 heterocycles. The van der Waals surface area contributed by atoms with Gasteiger partial charge in [-0.15, -0.1) is 0 Å². The highest BCUT2D eigenvalue weighted by Gasteiger charge is 2.32. The smallest absolute Gasteiger partial charge is 0.396 e. The van der Waals surface area contributed by atoms with Crippen molar-refractivity contribution in [3.05, 3.63) is 30.4 Å². The minimum atomic E-state index is -4.59. The molecule has 0 spiro atoms. The minimum Gasteiger partial charge on any atom is -0.396 e. The number of aliphatic hydroxyl groups excluding tert-OH is 1. The van der Waals surface area contributed by atoms with Crippen molar-refractivity contribution >= 4 is 23.3 Å². The van der Waals surface area contributed by atoms with Crippen LogP contribution in [0.3, 0.4) is 0 Å². The summed E-state index contributed by atoms with van der Waals surface area (Å²) >= 11 is 0. The summed E-state index contributed by atoms with van der Waals surface area (Å²) in [5.41, 5.74) is 0.886. The number of anilines is 2. The van der Waals surface area contributed by atoms with Gasteiger partial charge in [-0.3, -0.25) is 14.6 Å². The molecule has 0 aliphatic heterocycles. The molecule has 1 aliphatic rings. The number of nitrogens with one attached hydrogen (secondary N) is 2. The Labute approximate surface area is 192 Å². The fourth-order valence-corrected chi connectivity index (χ4v) is 3.00. The average Bonchev–Trinajstić information content (AvgIpc) is 3.65. The van der Waals surface area contributed by atoms with Crippen LogP contribution in [0.4, 0.5) is 24.7 Å². The molecule has 0 unspecified atom stereocenters. The zero-order valence-corrected chi connectivity index (χ0v) is 18.0. The van der Waals surface area contributed by atoms with Crippen molar-refractivity contribution in [2.24, 2.45) is 5.92 Å². The zero-order chi connectivity index (χ0) is 24.7. The van der Waals surface area contributed by atoms with E-state index in [9.17, 15) is 28.0 Å². The van der Waals surface area contributed by atoms with Crippen LogP contribution < -0.4 is 10.6 Å². The van der Waals surface area contributed by atoms with Gasteiger partial charge in [-0.05, 0) is 25.3 Å². The van der Waals surface area contributed by atoms with Crippen molar-refractivity contribution in [2.45, 2.75) is 25.4 Å². The lowest BCUT2D eigenvalue weighted by Crippen LogP contribution is -2.42. The van der Waals surface area contributed by atoms with Gasteiger partial charge in [0.05, 0.1) is 30.3 Å². The number of hydrogen-bond acceptors (Lipinski definition) is 8. The molecule has 1 aliphatic carbocycles. The number of alkyl halides is 3. The number of aromatic nitrogens is 3. The molecule has 34 heavy (non-hydrogen) atoms. The van der Waals surface area contributed by atoms with Crippen LogP contribution in [0.1, 0.15) is 25.0 Å². The van der Waals surface area contributed by atoms with Crippen LogP contribution in [0.25, 0.3) is 11.3 Å². The van der Waals surface area contributed by atoms with E-state index in [0.717, 1.165) is 12.8 Å². The van der Waals surface area contributed by atoms with E-state index in [1.165, 1.54) is 24.7 Å². The number of hydrogen-bond donors (Lipinski definition) is 3. The maximum Gasteiger partial charge on any atom is 0.406 e. The van der Waals surface area contributed by atoms with Crippen LogP contribution in [0.2, 0.25) is 0 Å². The van der Waals surface area contributed by atoms with Crippen LogP contribution >= 0.6 is 0 Å². The molecule has 1 saturated carbocycles. The summed E-state index contributed by atoms with van der Waals surface area (Å²) in [5, 5.41) is 23.5. The number of amides is 2. The number of halogens is 3. The third-order valence-corrected chi connectivity index (χ3v) is 4.88. The molecule has 0 aromatic carbocycles. The maximum atomic E-state index is 12.8. The summed E-state index contributed by atoms with van der Waals surface area (Å²) in [5.74, 6) is -0.664. The Morgan fingerprint density at radius 3 is 2.56 bits per heavy atom. The molecule has 0 radical (unpaired) electrons. The first-order valence-electron chi connectivity index (χ1n) is 10.4. The van der Waals surface area contributed by atoms with Gasteiger partial charge < -0.3 is 20.6 Å². The summed E-state index contributed by atoms with van der Waals surface area (Å²) in [7, 11) is 0. The second-order valence-electron chi connectivity index (χ2n) is 7.64. The SMILES string of the molecule is N#Cc1ncc(-c2cnc(NC(=O)C3CC3)cn2)cc1NCC(=O)N(CCCO)CC(F)(F)F. The van der Waals surface area contributed by atoms with Gasteiger partial charge in [0, 0.05) is 30.8 Å². The van der Waals surface area contributed by atoms with E-state index in [1.54, 1.807) is 0 Å². The van der Waals surface area contributed by atoms with Gasteiger partial charge in [0.25, 0.3) is 0 Å². The van der Waals surface area contributed by atoms with E-state index in [-0.39, 0.29) is 42.8 Å². The predicted octanol–water partition coefficient (Wildman–Crippen LogP) is 1.94. The third kappa shape index (κ3) is 7.11. The van der Waals surface area contributed by atoms with Crippen molar-refractivity contribution in [1.29, 1.82) is 5.26 Å². The predicted molar refractivity (Wildman–Crippen MR) is 114 cm³/mol. The number of nitrogens with zero attached hydrogens (tertiary/aromatic N) is 5. The van der Waals surface area contributed by atoms with Crippen molar-refractivity contribution in [3.63, 3.8) is 0 Å². The van der Waals surface area contributed by atoms with Crippen molar-refractivity contribution in [3.8, 4) is 17.3 Å². The van der Waals surface area contributed by atoms with Crippen molar-refractivity contribution in [2.75, 3.05) is 36.9 Å². The summed E-state index contributed by atoms with van der Waals surface area (Å²) in [6.07, 6.45) is 1.26. The fourth-order valence-electron chi connectivity index (χ4n) is 3.00. The van der Waals surface area contributed by atoms with Gasteiger partial charge in [-0.2, -0.15) is 18.4 Å². The Balaban J connectivity index is 1.70. The van der Waals surface area contributed by atoms with Gasteiger partial charge in [-0.25, -0.2) is 9.97 Å². The summed E-state index contributed by atoms with van der Waals surface area (Å²) in [6.45, 7) is -2.59. The third-order valence-electron chi connectivity index (χ3n) is 4.88. The molecule has 3 rings (SSSR count). The Bertz CT molecular complexity index is 1070. The zero-order valence-electron chi connectivity index (χ0n) is 18.0. The monoisotopic (exact) mass is 477 g/mol. The summed E-state index contributed by atoms with van der Waals surface area (Å²) in [4.78, 5) is 37.1. The standard InChI is InChI=1S/C21H22F3N7O3/c22-21(23,24)12-31(4-1-5-32)19(33)11-28-15-6-14(8-26-16(15)7-25)17-9-29-18(10-27-17)30-20(34)13-2-3-13/h6,8-10,13,28,32H,1-5,11-12H2,(H,29,30,34). The lowest BCUT2D eigenvalue weighted by Gasteiger charge is -2.24. The highest BCUT2D eigenvalue weighted by molar-refractivity contribution is 5.93. The molecule has 0 saturated heterocycles.